The molecule has 4 N–H and O–H groups in total. The summed E-state index contributed by atoms with van der Waals surface area (Å²) in [5, 5.41) is 8.89. The van der Waals surface area contributed by atoms with Crippen LogP contribution in [0.5, 0.6) is 0 Å². The maximum Gasteiger partial charge on any atom is 0.236 e. The minimum absolute atomic E-state index is 0.0694. The highest BCUT2D eigenvalue weighted by Gasteiger charge is 2.14. The Kier molecular flexibility index (Phi) is 4.49. The van der Waals surface area contributed by atoms with Crippen molar-refractivity contribution in [2.24, 2.45) is 11.7 Å². The second-order valence-corrected chi connectivity index (χ2v) is 4.46. The lowest BCUT2D eigenvalue weighted by molar-refractivity contribution is -0.116. The van der Waals surface area contributed by atoms with Crippen molar-refractivity contribution in [2.45, 2.75) is 13.8 Å². The van der Waals surface area contributed by atoms with Crippen LogP contribution in [0.15, 0.2) is 12.1 Å². The second-order valence-electron chi connectivity index (χ2n) is 4.46. The number of primary amides is 1. The van der Waals surface area contributed by atoms with Crippen LogP contribution in [-0.4, -0.2) is 24.0 Å². The van der Waals surface area contributed by atoms with Crippen LogP contribution in [0.1, 0.15) is 19.5 Å². The van der Waals surface area contributed by atoms with Crippen LogP contribution in [0.2, 0.25) is 0 Å². The summed E-state index contributed by atoms with van der Waals surface area (Å²) in [7, 11) is 0. The number of hydrogen-bond donors (Lipinski definition) is 2. The molecule has 0 saturated carbocycles. The predicted octanol–water partition coefficient (Wildman–Crippen LogP) is 0.483. The first-order valence-electron chi connectivity index (χ1n) is 5.64. The molecule has 1 rings (SSSR count). The smallest absolute Gasteiger partial charge is 0.236 e. The standard InChI is InChI=1S/C12H17N5O/c1-8(2)6-17(7-11(15)18)12-4-3-9(14)10(5-13)16-12/h3-4,8H,6-7,14H2,1-2H3,(H2,15,18). The van der Waals surface area contributed by atoms with Gasteiger partial charge in [0.25, 0.3) is 0 Å². The molecule has 96 valence electrons. The number of nitriles is 1. The van der Waals surface area contributed by atoms with E-state index in [0.717, 1.165) is 0 Å². The minimum Gasteiger partial charge on any atom is -0.396 e. The third-order valence-corrected chi connectivity index (χ3v) is 2.27. The van der Waals surface area contributed by atoms with Gasteiger partial charge in [-0.15, -0.1) is 0 Å². The zero-order valence-electron chi connectivity index (χ0n) is 10.6. The van der Waals surface area contributed by atoms with Crippen molar-refractivity contribution in [3.8, 4) is 6.07 Å². The van der Waals surface area contributed by atoms with Gasteiger partial charge < -0.3 is 16.4 Å². The SMILES string of the molecule is CC(C)CN(CC(N)=O)c1ccc(N)c(C#N)n1. The highest BCUT2D eigenvalue weighted by atomic mass is 16.1. The van der Waals surface area contributed by atoms with Gasteiger partial charge in [-0.05, 0) is 18.1 Å². The van der Waals surface area contributed by atoms with Gasteiger partial charge in [-0.25, -0.2) is 4.98 Å². The van der Waals surface area contributed by atoms with E-state index >= 15 is 0 Å². The molecule has 0 aromatic carbocycles. The van der Waals surface area contributed by atoms with E-state index in [2.05, 4.69) is 4.98 Å². The number of nitrogens with two attached hydrogens (primary N) is 2. The van der Waals surface area contributed by atoms with Crippen molar-refractivity contribution in [1.82, 2.24) is 4.98 Å². The van der Waals surface area contributed by atoms with Gasteiger partial charge in [0.2, 0.25) is 5.91 Å². The maximum absolute atomic E-state index is 11.0. The molecule has 6 nitrogen and oxygen atoms in total. The summed E-state index contributed by atoms with van der Waals surface area (Å²) >= 11 is 0. The Morgan fingerprint density at radius 3 is 2.72 bits per heavy atom. The Hall–Kier alpha value is -2.29. The van der Waals surface area contributed by atoms with E-state index in [-0.39, 0.29) is 12.2 Å². The molecular weight excluding hydrogens is 230 g/mol. The van der Waals surface area contributed by atoms with Crippen molar-refractivity contribution in [3.05, 3.63) is 17.8 Å². The molecule has 0 aliphatic carbocycles. The number of nitrogen functional groups attached to an aromatic ring is 1. The lowest BCUT2D eigenvalue weighted by Gasteiger charge is -2.24. The Labute approximate surface area is 106 Å². The van der Waals surface area contributed by atoms with E-state index in [4.69, 9.17) is 16.7 Å². The molecule has 0 spiro atoms. The Morgan fingerprint density at radius 2 is 2.22 bits per heavy atom. The molecule has 0 fully saturated rings. The molecule has 6 heteroatoms. The molecule has 0 aliphatic rings. The summed E-state index contributed by atoms with van der Waals surface area (Å²) in [6, 6.07) is 5.21. The van der Waals surface area contributed by atoms with Gasteiger partial charge in [0.1, 0.15) is 11.9 Å². The van der Waals surface area contributed by atoms with E-state index in [1.54, 1.807) is 17.0 Å². The number of aromatic nitrogens is 1. The van der Waals surface area contributed by atoms with Gasteiger partial charge in [0.05, 0.1) is 12.2 Å². The third kappa shape index (κ3) is 3.63. The third-order valence-electron chi connectivity index (χ3n) is 2.27. The average Bonchev–Trinajstić information content (AvgIpc) is 2.27. The molecule has 0 bridgehead atoms. The van der Waals surface area contributed by atoms with Gasteiger partial charge in [0.15, 0.2) is 5.69 Å². The summed E-state index contributed by atoms with van der Waals surface area (Å²) in [5.41, 5.74) is 11.3. The van der Waals surface area contributed by atoms with Gasteiger partial charge in [-0.2, -0.15) is 5.26 Å². The first-order valence-corrected chi connectivity index (χ1v) is 5.64. The van der Waals surface area contributed by atoms with Crippen molar-refractivity contribution >= 4 is 17.4 Å². The molecule has 18 heavy (non-hydrogen) atoms. The van der Waals surface area contributed by atoms with Crippen molar-refractivity contribution in [2.75, 3.05) is 23.7 Å². The first-order chi connectivity index (χ1) is 8.43. The van der Waals surface area contributed by atoms with Crippen molar-refractivity contribution in [1.29, 1.82) is 5.26 Å². The van der Waals surface area contributed by atoms with E-state index in [9.17, 15) is 4.79 Å². The molecule has 1 heterocycles. The van der Waals surface area contributed by atoms with E-state index in [1.807, 2.05) is 19.9 Å². The molecule has 0 aliphatic heterocycles. The van der Waals surface area contributed by atoms with Crippen LogP contribution in [0, 0.1) is 17.2 Å². The quantitative estimate of drug-likeness (QED) is 0.786. The van der Waals surface area contributed by atoms with E-state index < -0.39 is 5.91 Å². The number of nitrogens with zero attached hydrogens (tertiary/aromatic N) is 3. The van der Waals surface area contributed by atoms with Gasteiger partial charge in [0, 0.05) is 6.54 Å². The summed E-state index contributed by atoms with van der Waals surface area (Å²) in [6.45, 7) is 4.75. The van der Waals surface area contributed by atoms with Crippen LogP contribution in [0.3, 0.4) is 0 Å². The number of hydrogen-bond acceptors (Lipinski definition) is 5. The first kappa shape index (κ1) is 13.8. The molecular formula is C12H17N5O. The van der Waals surface area contributed by atoms with Gasteiger partial charge in [-0.1, -0.05) is 13.8 Å². The molecule has 0 radical (unpaired) electrons. The average molecular weight is 247 g/mol. The number of anilines is 2. The van der Waals surface area contributed by atoms with Crippen LogP contribution in [0.25, 0.3) is 0 Å². The lowest BCUT2D eigenvalue weighted by atomic mass is 10.2. The maximum atomic E-state index is 11.0. The van der Waals surface area contributed by atoms with Crippen LogP contribution in [0.4, 0.5) is 11.5 Å². The zero-order valence-corrected chi connectivity index (χ0v) is 10.6. The molecule has 1 aromatic heterocycles. The summed E-state index contributed by atoms with van der Waals surface area (Å²) in [5.74, 6) is 0.440. The minimum atomic E-state index is -0.437. The largest absolute Gasteiger partial charge is 0.396 e. The number of carbonyl (C=O) groups is 1. The van der Waals surface area contributed by atoms with Gasteiger partial charge >= 0.3 is 0 Å². The molecule has 1 aromatic rings. The second kappa shape index (κ2) is 5.87. The van der Waals surface area contributed by atoms with Gasteiger partial charge in [-0.3, -0.25) is 4.79 Å². The fraction of sp³-hybridized carbons (Fsp3) is 0.417. The summed E-state index contributed by atoms with van der Waals surface area (Å²) in [4.78, 5) is 16.9. The molecule has 1 amide bonds. The normalized spacial score (nSPS) is 10.1. The predicted molar refractivity (Wildman–Crippen MR) is 69.6 cm³/mol. The van der Waals surface area contributed by atoms with E-state index in [0.29, 0.717) is 24.0 Å². The Balaban J connectivity index is 3.05. The zero-order chi connectivity index (χ0) is 13.7. The monoisotopic (exact) mass is 247 g/mol. The fourth-order valence-electron chi connectivity index (χ4n) is 1.59. The number of amides is 1. The highest BCUT2D eigenvalue weighted by Crippen LogP contribution is 2.17. The van der Waals surface area contributed by atoms with Crippen LogP contribution < -0.4 is 16.4 Å². The molecule has 0 atom stereocenters. The number of pyridine rings is 1. The molecule has 0 saturated heterocycles. The lowest BCUT2D eigenvalue weighted by Crippen LogP contribution is -2.36. The van der Waals surface area contributed by atoms with Crippen LogP contribution >= 0.6 is 0 Å². The Bertz CT molecular complexity index is 478. The molecule has 0 unspecified atom stereocenters. The fourth-order valence-corrected chi connectivity index (χ4v) is 1.59. The Morgan fingerprint density at radius 1 is 1.56 bits per heavy atom. The number of carbonyl (C=O) groups excluding carboxylic acids is 1. The highest BCUT2D eigenvalue weighted by molar-refractivity contribution is 5.79. The summed E-state index contributed by atoms with van der Waals surface area (Å²) < 4.78 is 0. The van der Waals surface area contributed by atoms with Crippen molar-refractivity contribution in [3.63, 3.8) is 0 Å². The van der Waals surface area contributed by atoms with Crippen molar-refractivity contribution < 1.29 is 4.79 Å². The topological polar surface area (TPSA) is 109 Å². The van der Waals surface area contributed by atoms with E-state index in [1.165, 1.54) is 0 Å². The summed E-state index contributed by atoms with van der Waals surface area (Å²) in [6.07, 6.45) is 0. The number of rotatable bonds is 5. The van der Waals surface area contributed by atoms with Crippen LogP contribution in [-0.2, 0) is 4.79 Å².